The SMILES string of the molecule is O=C1N[C@H](c2cncc(-c3ccccc3)c2)[C@@H](c2c(F)cc(F)cc2F)O1. The molecule has 0 bridgehead atoms. The molecule has 0 spiro atoms. The van der Waals surface area contributed by atoms with E-state index in [0.717, 1.165) is 11.1 Å². The number of carbonyl (C=O) groups is 1. The summed E-state index contributed by atoms with van der Waals surface area (Å²) in [6.45, 7) is 0. The number of benzene rings is 2. The molecule has 0 aliphatic carbocycles. The van der Waals surface area contributed by atoms with Gasteiger partial charge < -0.3 is 10.1 Å². The molecule has 0 radical (unpaired) electrons. The molecule has 1 N–H and O–H groups in total. The van der Waals surface area contributed by atoms with Crippen LogP contribution >= 0.6 is 0 Å². The third-order valence-electron chi connectivity index (χ3n) is 4.36. The number of amides is 1. The van der Waals surface area contributed by atoms with Gasteiger partial charge in [0.15, 0.2) is 6.10 Å². The van der Waals surface area contributed by atoms with Gasteiger partial charge in [-0.25, -0.2) is 18.0 Å². The van der Waals surface area contributed by atoms with E-state index >= 15 is 0 Å². The van der Waals surface area contributed by atoms with Gasteiger partial charge in [-0.3, -0.25) is 4.98 Å². The number of cyclic esters (lactones) is 1. The van der Waals surface area contributed by atoms with E-state index < -0.39 is 41.3 Å². The van der Waals surface area contributed by atoms with Crippen molar-refractivity contribution in [1.29, 1.82) is 0 Å². The Morgan fingerprint density at radius 3 is 2.33 bits per heavy atom. The van der Waals surface area contributed by atoms with E-state index in [9.17, 15) is 18.0 Å². The third-order valence-corrected chi connectivity index (χ3v) is 4.36. The highest BCUT2D eigenvalue weighted by Gasteiger charge is 2.40. The molecule has 0 unspecified atom stereocenters. The number of pyridine rings is 1. The van der Waals surface area contributed by atoms with Crippen molar-refractivity contribution >= 4 is 6.09 Å². The lowest BCUT2D eigenvalue weighted by atomic mass is 9.95. The van der Waals surface area contributed by atoms with Crippen molar-refractivity contribution in [3.8, 4) is 11.1 Å². The molecule has 1 aromatic heterocycles. The maximum atomic E-state index is 14.2. The van der Waals surface area contributed by atoms with Gasteiger partial charge in [0, 0.05) is 30.1 Å². The van der Waals surface area contributed by atoms with Crippen molar-refractivity contribution in [3.63, 3.8) is 0 Å². The standard InChI is InChI=1S/C20H13F3N2O2/c21-14-7-15(22)17(16(23)8-14)19-18(25-20(26)27-19)13-6-12(9-24-10-13)11-4-2-1-3-5-11/h1-10,18-19H,(H,25,26)/t18-,19-/m1/s1. The van der Waals surface area contributed by atoms with Gasteiger partial charge in [0.05, 0.1) is 5.56 Å². The van der Waals surface area contributed by atoms with Crippen LogP contribution in [-0.4, -0.2) is 11.1 Å². The molecule has 4 nitrogen and oxygen atoms in total. The van der Waals surface area contributed by atoms with E-state index in [-0.39, 0.29) is 0 Å². The molecule has 136 valence electrons. The molecule has 2 aromatic carbocycles. The summed E-state index contributed by atoms with van der Waals surface area (Å²) in [4.78, 5) is 15.9. The lowest BCUT2D eigenvalue weighted by Crippen LogP contribution is -2.20. The van der Waals surface area contributed by atoms with E-state index in [1.165, 1.54) is 6.20 Å². The van der Waals surface area contributed by atoms with Gasteiger partial charge in [-0.05, 0) is 17.2 Å². The molecule has 0 saturated carbocycles. The van der Waals surface area contributed by atoms with Crippen molar-refractivity contribution < 1.29 is 22.7 Å². The first kappa shape index (κ1) is 17.1. The third kappa shape index (κ3) is 3.23. The first-order valence-corrected chi connectivity index (χ1v) is 8.15. The molecule has 27 heavy (non-hydrogen) atoms. The number of rotatable bonds is 3. The van der Waals surface area contributed by atoms with Crippen LogP contribution in [0.3, 0.4) is 0 Å². The fourth-order valence-corrected chi connectivity index (χ4v) is 3.15. The Labute approximate surface area is 152 Å². The Hall–Kier alpha value is -3.35. The van der Waals surface area contributed by atoms with Crippen LogP contribution in [-0.2, 0) is 4.74 Å². The summed E-state index contributed by atoms with van der Waals surface area (Å²) in [5.41, 5.74) is 1.67. The summed E-state index contributed by atoms with van der Waals surface area (Å²) in [7, 11) is 0. The van der Waals surface area contributed by atoms with Gasteiger partial charge in [-0.15, -0.1) is 0 Å². The first-order valence-electron chi connectivity index (χ1n) is 8.15. The smallest absolute Gasteiger partial charge is 0.408 e. The number of hydrogen-bond donors (Lipinski definition) is 1. The molecule has 1 amide bonds. The van der Waals surface area contributed by atoms with Gasteiger partial charge in [0.1, 0.15) is 23.5 Å². The lowest BCUT2D eigenvalue weighted by Gasteiger charge is -2.19. The Morgan fingerprint density at radius 2 is 1.63 bits per heavy atom. The monoisotopic (exact) mass is 370 g/mol. The quantitative estimate of drug-likeness (QED) is 0.728. The number of aromatic nitrogens is 1. The number of ether oxygens (including phenoxy) is 1. The average molecular weight is 370 g/mol. The largest absolute Gasteiger partial charge is 0.439 e. The average Bonchev–Trinajstić information content (AvgIpc) is 3.03. The van der Waals surface area contributed by atoms with E-state index in [4.69, 9.17) is 4.74 Å². The van der Waals surface area contributed by atoms with Crippen molar-refractivity contribution in [2.24, 2.45) is 0 Å². The van der Waals surface area contributed by atoms with Crippen LogP contribution in [0.5, 0.6) is 0 Å². The van der Waals surface area contributed by atoms with Crippen LogP contribution in [0.4, 0.5) is 18.0 Å². The predicted molar refractivity (Wildman–Crippen MR) is 91.1 cm³/mol. The number of halogens is 3. The van der Waals surface area contributed by atoms with Crippen LogP contribution in [0.1, 0.15) is 23.3 Å². The summed E-state index contributed by atoms with van der Waals surface area (Å²) in [5.74, 6) is -3.28. The molecule has 1 saturated heterocycles. The maximum Gasteiger partial charge on any atom is 0.408 e. The Kier molecular flexibility index (Phi) is 4.27. The maximum absolute atomic E-state index is 14.2. The fourth-order valence-electron chi connectivity index (χ4n) is 3.15. The molecule has 7 heteroatoms. The van der Waals surface area contributed by atoms with Crippen LogP contribution < -0.4 is 5.32 Å². The first-order chi connectivity index (χ1) is 13.0. The highest BCUT2D eigenvalue weighted by Crippen LogP contribution is 2.39. The minimum atomic E-state index is -1.29. The molecule has 2 heterocycles. The summed E-state index contributed by atoms with van der Waals surface area (Å²) in [5, 5.41) is 2.54. The summed E-state index contributed by atoms with van der Waals surface area (Å²) < 4.78 is 46.7. The van der Waals surface area contributed by atoms with Gasteiger partial charge >= 0.3 is 6.09 Å². The van der Waals surface area contributed by atoms with Gasteiger partial charge in [0.2, 0.25) is 0 Å². The van der Waals surface area contributed by atoms with Crippen molar-refractivity contribution in [1.82, 2.24) is 10.3 Å². The summed E-state index contributed by atoms with van der Waals surface area (Å²) >= 11 is 0. The summed E-state index contributed by atoms with van der Waals surface area (Å²) in [6.07, 6.45) is 1.02. The van der Waals surface area contributed by atoms with Crippen molar-refractivity contribution in [2.75, 3.05) is 0 Å². The lowest BCUT2D eigenvalue weighted by molar-refractivity contribution is 0.127. The second kappa shape index (κ2) is 6.75. The number of nitrogens with zero attached hydrogens (tertiary/aromatic N) is 1. The molecule has 4 rings (SSSR count). The van der Waals surface area contributed by atoms with Crippen LogP contribution in [0.25, 0.3) is 11.1 Å². The van der Waals surface area contributed by atoms with Crippen LogP contribution in [0.2, 0.25) is 0 Å². The van der Waals surface area contributed by atoms with E-state index in [1.807, 2.05) is 30.3 Å². The molecular formula is C20H13F3N2O2. The Balaban J connectivity index is 1.76. The number of hydrogen-bond acceptors (Lipinski definition) is 3. The molecular weight excluding hydrogens is 357 g/mol. The topological polar surface area (TPSA) is 51.2 Å². The molecule has 2 atom stereocenters. The number of nitrogens with one attached hydrogen (secondary N) is 1. The van der Waals surface area contributed by atoms with Gasteiger partial charge in [0.25, 0.3) is 0 Å². The zero-order chi connectivity index (χ0) is 19.0. The fraction of sp³-hybridized carbons (Fsp3) is 0.100. The minimum Gasteiger partial charge on any atom is -0.439 e. The van der Waals surface area contributed by atoms with E-state index in [1.54, 1.807) is 12.3 Å². The highest BCUT2D eigenvalue weighted by atomic mass is 19.1. The van der Waals surface area contributed by atoms with Crippen molar-refractivity contribution in [3.05, 3.63) is 89.5 Å². The van der Waals surface area contributed by atoms with Gasteiger partial charge in [-0.1, -0.05) is 30.3 Å². The highest BCUT2D eigenvalue weighted by molar-refractivity contribution is 5.72. The molecule has 1 fully saturated rings. The van der Waals surface area contributed by atoms with Crippen LogP contribution in [0, 0.1) is 17.5 Å². The zero-order valence-electron chi connectivity index (χ0n) is 13.8. The molecule has 1 aliphatic heterocycles. The van der Waals surface area contributed by atoms with Crippen molar-refractivity contribution in [2.45, 2.75) is 12.1 Å². The molecule has 1 aliphatic rings. The van der Waals surface area contributed by atoms with Gasteiger partial charge in [-0.2, -0.15) is 0 Å². The van der Waals surface area contributed by atoms with E-state index in [0.29, 0.717) is 17.7 Å². The number of carbonyl (C=O) groups excluding carboxylic acids is 1. The zero-order valence-corrected chi connectivity index (χ0v) is 13.8. The second-order valence-corrected chi connectivity index (χ2v) is 6.10. The minimum absolute atomic E-state index is 0.509. The predicted octanol–water partition coefficient (Wildman–Crippen LogP) is 4.69. The van der Waals surface area contributed by atoms with E-state index in [2.05, 4.69) is 10.3 Å². The number of alkyl carbamates (subject to hydrolysis) is 1. The Bertz CT molecular complexity index is 988. The second-order valence-electron chi connectivity index (χ2n) is 6.10. The van der Waals surface area contributed by atoms with Crippen LogP contribution in [0.15, 0.2) is 60.9 Å². The Morgan fingerprint density at radius 1 is 0.926 bits per heavy atom. The summed E-state index contributed by atoms with van der Waals surface area (Å²) in [6, 6.07) is 11.4. The molecule has 3 aromatic rings. The normalized spacial score (nSPS) is 18.9.